The minimum atomic E-state index is -0.588. The average molecular weight is 362 g/mol. The van der Waals surface area contributed by atoms with E-state index in [1.165, 1.54) is 37.6 Å². The second-order valence-electron chi connectivity index (χ2n) is 5.05. The summed E-state index contributed by atoms with van der Waals surface area (Å²) in [6.07, 6.45) is 1.49. The molecule has 2 aromatic carbocycles. The molecule has 3 aromatic rings. The summed E-state index contributed by atoms with van der Waals surface area (Å²) >= 11 is 5.86. The lowest BCUT2D eigenvalue weighted by molar-refractivity contribution is 0.0435. The Morgan fingerprint density at radius 1 is 1.24 bits per heavy atom. The van der Waals surface area contributed by atoms with Crippen LogP contribution in [0.4, 0.5) is 4.39 Å². The number of rotatable bonds is 5. The number of aromatic nitrogens is 1. The molecule has 0 saturated heterocycles. The second-order valence-corrected chi connectivity index (χ2v) is 5.48. The van der Waals surface area contributed by atoms with Gasteiger partial charge in [0.1, 0.15) is 17.1 Å². The van der Waals surface area contributed by atoms with E-state index in [1.54, 1.807) is 18.2 Å². The number of oxazole rings is 1. The first-order chi connectivity index (χ1) is 12.1. The molecule has 0 atom stereocenters. The highest BCUT2D eigenvalue weighted by Gasteiger charge is 2.16. The molecule has 0 aliphatic heterocycles. The minimum Gasteiger partial charge on any atom is -0.496 e. The summed E-state index contributed by atoms with van der Waals surface area (Å²) in [5, 5.41) is 0.449. The first-order valence-corrected chi connectivity index (χ1v) is 7.66. The molecule has 7 heteroatoms. The quantitative estimate of drug-likeness (QED) is 0.626. The van der Waals surface area contributed by atoms with Gasteiger partial charge in [0.2, 0.25) is 5.89 Å². The third-order valence-corrected chi connectivity index (χ3v) is 3.63. The van der Waals surface area contributed by atoms with E-state index in [2.05, 4.69) is 4.98 Å². The van der Waals surface area contributed by atoms with Crippen LogP contribution < -0.4 is 4.74 Å². The van der Waals surface area contributed by atoms with Crippen LogP contribution in [0.1, 0.15) is 16.2 Å². The van der Waals surface area contributed by atoms with Gasteiger partial charge in [0.15, 0.2) is 12.4 Å². The summed E-state index contributed by atoms with van der Waals surface area (Å²) in [5.74, 6) is 0.0667. The SMILES string of the molecule is COc1cc(Cl)ccc1C(=O)OCc1ncc(-c2ccc(F)cc2)o1. The smallest absolute Gasteiger partial charge is 0.342 e. The number of ether oxygens (including phenoxy) is 2. The van der Waals surface area contributed by atoms with Crippen molar-refractivity contribution in [1.29, 1.82) is 0 Å². The molecule has 0 fully saturated rings. The second kappa shape index (κ2) is 7.36. The Labute approximate surface area is 148 Å². The first-order valence-electron chi connectivity index (χ1n) is 7.28. The highest BCUT2D eigenvalue weighted by molar-refractivity contribution is 6.30. The lowest BCUT2D eigenvalue weighted by Gasteiger charge is -2.08. The maximum Gasteiger partial charge on any atom is 0.342 e. The van der Waals surface area contributed by atoms with Crippen molar-refractivity contribution >= 4 is 17.6 Å². The Morgan fingerprint density at radius 3 is 2.72 bits per heavy atom. The third kappa shape index (κ3) is 3.97. The lowest BCUT2D eigenvalue weighted by Crippen LogP contribution is -2.07. The predicted octanol–water partition coefficient (Wildman–Crippen LogP) is 4.50. The number of halogens is 2. The standard InChI is InChI=1S/C18H13ClFNO4/c1-23-15-8-12(19)4-7-14(15)18(22)24-10-17-21-9-16(25-17)11-2-5-13(20)6-3-11/h2-9H,10H2,1H3. The summed E-state index contributed by atoms with van der Waals surface area (Å²) in [7, 11) is 1.44. The van der Waals surface area contributed by atoms with E-state index in [-0.39, 0.29) is 23.9 Å². The molecule has 0 N–H and O–H groups in total. The maximum atomic E-state index is 12.9. The zero-order chi connectivity index (χ0) is 17.8. The Hall–Kier alpha value is -2.86. The van der Waals surface area contributed by atoms with Crippen LogP contribution in [0.2, 0.25) is 5.02 Å². The third-order valence-electron chi connectivity index (χ3n) is 3.39. The Morgan fingerprint density at radius 2 is 2.00 bits per heavy atom. The number of nitrogens with zero attached hydrogens (tertiary/aromatic N) is 1. The fourth-order valence-electron chi connectivity index (χ4n) is 2.16. The van der Waals surface area contributed by atoms with Crippen LogP contribution in [0, 0.1) is 5.82 Å². The first kappa shape index (κ1) is 17.0. The molecule has 0 spiro atoms. The van der Waals surface area contributed by atoms with Crippen molar-refractivity contribution in [2.24, 2.45) is 0 Å². The number of hydrogen-bond donors (Lipinski definition) is 0. The maximum absolute atomic E-state index is 12.9. The fraction of sp³-hybridized carbons (Fsp3) is 0.111. The van der Waals surface area contributed by atoms with Gasteiger partial charge < -0.3 is 13.9 Å². The normalized spacial score (nSPS) is 10.5. The van der Waals surface area contributed by atoms with Gasteiger partial charge in [0, 0.05) is 10.6 Å². The van der Waals surface area contributed by atoms with Crippen LogP contribution >= 0.6 is 11.6 Å². The molecular formula is C18H13ClFNO4. The Balaban J connectivity index is 1.68. The van der Waals surface area contributed by atoms with Crippen LogP contribution in [0.3, 0.4) is 0 Å². The molecule has 0 unspecified atom stereocenters. The summed E-state index contributed by atoms with van der Waals surface area (Å²) in [6, 6.07) is 10.4. The number of benzene rings is 2. The van der Waals surface area contributed by atoms with Crippen molar-refractivity contribution in [3.63, 3.8) is 0 Å². The van der Waals surface area contributed by atoms with E-state index in [1.807, 2.05) is 0 Å². The van der Waals surface area contributed by atoms with Crippen LogP contribution in [0.5, 0.6) is 5.75 Å². The molecule has 5 nitrogen and oxygen atoms in total. The van der Waals surface area contributed by atoms with Gasteiger partial charge in [0.05, 0.1) is 13.3 Å². The van der Waals surface area contributed by atoms with Crippen LogP contribution in [-0.4, -0.2) is 18.1 Å². The highest BCUT2D eigenvalue weighted by atomic mass is 35.5. The summed E-state index contributed by atoms with van der Waals surface area (Å²) < 4.78 is 28.8. The van der Waals surface area contributed by atoms with Crippen molar-refractivity contribution in [3.05, 3.63) is 71.0 Å². The summed E-state index contributed by atoms with van der Waals surface area (Å²) in [6.45, 7) is -0.147. The molecule has 0 amide bonds. The Bertz CT molecular complexity index is 892. The molecule has 3 rings (SSSR count). The van der Waals surface area contributed by atoms with E-state index in [0.717, 1.165) is 0 Å². The number of carbonyl (C=O) groups excluding carboxylic acids is 1. The number of esters is 1. The molecule has 128 valence electrons. The molecule has 25 heavy (non-hydrogen) atoms. The molecule has 0 aliphatic rings. The zero-order valence-corrected chi connectivity index (χ0v) is 13.9. The van der Waals surface area contributed by atoms with E-state index < -0.39 is 5.97 Å². The van der Waals surface area contributed by atoms with E-state index >= 15 is 0 Å². The average Bonchev–Trinajstić information content (AvgIpc) is 3.09. The molecule has 0 aliphatic carbocycles. The van der Waals surface area contributed by atoms with Gasteiger partial charge in [-0.3, -0.25) is 0 Å². The highest BCUT2D eigenvalue weighted by Crippen LogP contribution is 2.25. The van der Waals surface area contributed by atoms with Crippen LogP contribution in [0.25, 0.3) is 11.3 Å². The van der Waals surface area contributed by atoms with Gasteiger partial charge >= 0.3 is 5.97 Å². The summed E-state index contributed by atoms with van der Waals surface area (Å²) in [4.78, 5) is 16.2. The van der Waals surface area contributed by atoms with Crippen molar-refractivity contribution in [2.75, 3.05) is 7.11 Å². The monoisotopic (exact) mass is 361 g/mol. The zero-order valence-electron chi connectivity index (χ0n) is 13.2. The molecule has 0 saturated carbocycles. The van der Waals surface area contributed by atoms with Gasteiger partial charge in [-0.25, -0.2) is 14.2 Å². The van der Waals surface area contributed by atoms with Crippen molar-refractivity contribution < 1.29 is 23.1 Å². The molecule has 0 bridgehead atoms. The van der Waals surface area contributed by atoms with Crippen LogP contribution in [-0.2, 0) is 11.3 Å². The largest absolute Gasteiger partial charge is 0.496 e. The number of methoxy groups -OCH3 is 1. The summed E-state index contributed by atoms with van der Waals surface area (Å²) in [5.41, 5.74) is 0.920. The number of hydrogen-bond acceptors (Lipinski definition) is 5. The molecule has 1 aromatic heterocycles. The van der Waals surface area contributed by atoms with Crippen molar-refractivity contribution in [3.8, 4) is 17.1 Å². The van der Waals surface area contributed by atoms with Gasteiger partial charge in [-0.1, -0.05) is 11.6 Å². The molecular weight excluding hydrogens is 349 g/mol. The van der Waals surface area contributed by atoms with E-state index in [9.17, 15) is 9.18 Å². The minimum absolute atomic E-state index is 0.147. The van der Waals surface area contributed by atoms with E-state index in [0.29, 0.717) is 22.1 Å². The van der Waals surface area contributed by atoms with Gasteiger partial charge in [-0.2, -0.15) is 0 Å². The van der Waals surface area contributed by atoms with Gasteiger partial charge in [0.25, 0.3) is 0 Å². The predicted molar refractivity (Wildman–Crippen MR) is 89.0 cm³/mol. The van der Waals surface area contributed by atoms with Gasteiger partial charge in [-0.05, 0) is 42.5 Å². The topological polar surface area (TPSA) is 61.6 Å². The number of carbonyl (C=O) groups is 1. The fourth-order valence-corrected chi connectivity index (χ4v) is 2.33. The lowest BCUT2D eigenvalue weighted by atomic mass is 10.2. The van der Waals surface area contributed by atoms with Crippen molar-refractivity contribution in [2.45, 2.75) is 6.61 Å². The molecule has 0 radical (unpaired) electrons. The van der Waals surface area contributed by atoms with E-state index in [4.69, 9.17) is 25.5 Å². The van der Waals surface area contributed by atoms with Gasteiger partial charge in [-0.15, -0.1) is 0 Å². The molecule has 1 heterocycles. The Kier molecular flexibility index (Phi) is 5.00. The van der Waals surface area contributed by atoms with Crippen LogP contribution in [0.15, 0.2) is 53.1 Å². The van der Waals surface area contributed by atoms with Crippen molar-refractivity contribution in [1.82, 2.24) is 4.98 Å².